The minimum atomic E-state index is -4.20. The lowest BCUT2D eigenvalue weighted by Gasteiger charge is -2.39. The van der Waals surface area contributed by atoms with E-state index in [0.717, 1.165) is 22.8 Å². The van der Waals surface area contributed by atoms with Gasteiger partial charge < -0.3 is 10.2 Å². The van der Waals surface area contributed by atoms with E-state index in [2.05, 4.69) is 20.4 Å². The summed E-state index contributed by atoms with van der Waals surface area (Å²) >= 11 is 0. The number of halogens is 4. The van der Waals surface area contributed by atoms with Crippen LogP contribution in [0.25, 0.3) is 5.82 Å². The van der Waals surface area contributed by atoms with Gasteiger partial charge in [0.25, 0.3) is 0 Å². The molecule has 1 saturated heterocycles. The first kappa shape index (κ1) is 26.4. The first-order valence-corrected chi connectivity index (χ1v) is 10.5. The van der Waals surface area contributed by atoms with Gasteiger partial charge in [-0.3, -0.25) is 4.90 Å². The summed E-state index contributed by atoms with van der Waals surface area (Å²) < 4.78 is 40.7. The lowest BCUT2D eigenvalue weighted by molar-refractivity contribution is -0.181. The Labute approximate surface area is 204 Å². The number of hydrogen-bond acceptors (Lipinski definition) is 4. The van der Waals surface area contributed by atoms with Crippen LogP contribution in [-0.2, 0) is 6.54 Å². The average Bonchev–Trinajstić information content (AvgIpc) is 3.08. The van der Waals surface area contributed by atoms with E-state index < -0.39 is 12.2 Å². The molecule has 1 atom stereocenters. The van der Waals surface area contributed by atoms with Gasteiger partial charge in [-0.1, -0.05) is 6.07 Å². The molecule has 1 unspecified atom stereocenters. The van der Waals surface area contributed by atoms with Gasteiger partial charge in [0.2, 0.25) is 0 Å². The normalized spacial score (nSPS) is 16.6. The van der Waals surface area contributed by atoms with Crippen LogP contribution in [-0.4, -0.2) is 75.5 Å². The number of guanidine groups is 1. The Hall–Kier alpha value is -1.89. The number of alkyl halides is 3. The molecule has 3 rings (SSSR count). The summed E-state index contributed by atoms with van der Waals surface area (Å²) in [6.45, 7) is 9.95. The van der Waals surface area contributed by atoms with Crippen LogP contribution in [0.3, 0.4) is 0 Å². The van der Waals surface area contributed by atoms with Crippen LogP contribution in [0.1, 0.15) is 30.8 Å². The quantitative estimate of drug-likeness (QED) is 0.342. The minimum Gasteiger partial charge on any atom is -0.357 e. The zero-order valence-electron chi connectivity index (χ0n) is 18.9. The Morgan fingerprint density at radius 1 is 1.19 bits per heavy atom. The van der Waals surface area contributed by atoms with Gasteiger partial charge in [0.05, 0.1) is 12.2 Å². The van der Waals surface area contributed by atoms with E-state index in [9.17, 15) is 13.2 Å². The number of nitrogens with zero attached hydrogens (tertiary/aromatic N) is 6. The predicted molar refractivity (Wildman–Crippen MR) is 130 cm³/mol. The Morgan fingerprint density at radius 3 is 2.38 bits per heavy atom. The molecular formula is C21H31F3IN7. The number of piperazine rings is 1. The maximum absolute atomic E-state index is 13.0. The standard InChI is InChI=1S/C21H30F3N7.HI/c1-5-25-20(30-10-8-29(9-11-30)17(4)21(22,23)24)27-14-18-6-7-19(26-13-18)31-16(3)12-15(2)28-31;/h6-7,12-13,17H,5,8-11,14H2,1-4H3,(H,25,27);1H. The highest BCUT2D eigenvalue weighted by atomic mass is 127. The van der Waals surface area contributed by atoms with Crippen molar-refractivity contribution in [2.75, 3.05) is 32.7 Å². The van der Waals surface area contributed by atoms with Crippen molar-refractivity contribution < 1.29 is 13.2 Å². The summed E-state index contributed by atoms with van der Waals surface area (Å²) in [7, 11) is 0. The SMILES string of the molecule is CCNC(=NCc1ccc(-n2nc(C)cc2C)nc1)N1CCN(C(C)C(F)(F)F)CC1.I. The lowest BCUT2D eigenvalue weighted by Crippen LogP contribution is -2.56. The number of nitrogens with one attached hydrogen (secondary N) is 1. The van der Waals surface area contributed by atoms with E-state index in [0.29, 0.717) is 45.2 Å². The second kappa shape index (κ2) is 11.3. The first-order valence-electron chi connectivity index (χ1n) is 10.5. The molecule has 1 aliphatic heterocycles. The van der Waals surface area contributed by atoms with Crippen LogP contribution in [0.2, 0.25) is 0 Å². The third-order valence-electron chi connectivity index (χ3n) is 5.42. The lowest BCUT2D eigenvalue weighted by atomic mass is 10.2. The number of aryl methyl sites for hydroxylation is 2. The number of aromatic nitrogens is 3. The van der Waals surface area contributed by atoms with Crippen molar-refractivity contribution in [2.45, 2.75) is 46.5 Å². The van der Waals surface area contributed by atoms with Crippen LogP contribution < -0.4 is 5.32 Å². The molecule has 0 aromatic carbocycles. The van der Waals surface area contributed by atoms with Crippen molar-refractivity contribution in [3.63, 3.8) is 0 Å². The van der Waals surface area contributed by atoms with Crippen LogP contribution in [0.5, 0.6) is 0 Å². The topological polar surface area (TPSA) is 61.6 Å². The van der Waals surface area contributed by atoms with Crippen molar-refractivity contribution in [1.82, 2.24) is 29.9 Å². The second-order valence-electron chi connectivity index (χ2n) is 7.77. The number of pyridine rings is 1. The number of hydrogen-bond donors (Lipinski definition) is 1. The second-order valence-corrected chi connectivity index (χ2v) is 7.77. The summed E-state index contributed by atoms with van der Waals surface area (Å²) in [5.74, 6) is 1.46. The third kappa shape index (κ3) is 6.56. The fourth-order valence-electron chi connectivity index (χ4n) is 3.62. The molecule has 1 aliphatic rings. The molecular weight excluding hydrogens is 534 g/mol. The number of rotatable bonds is 5. The van der Waals surface area contributed by atoms with Crippen molar-refractivity contribution in [3.05, 3.63) is 41.3 Å². The van der Waals surface area contributed by atoms with Gasteiger partial charge >= 0.3 is 6.18 Å². The summed E-state index contributed by atoms with van der Waals surface area (Å²) in [6, 6.07) is 4.45. The molecule has 1 N–H and O–H groups in total. The van der Waals surface area contributed by atoms with Crippen LogP contribution in [0, 0.1) is 13.8 Å². The summed E-state index contributed by atoms with van der Waals surface area (Å²) in [5.41, 5.74) is 2.90. The van der Waals surface area contributed by atoms with Crippen molar-refractivity contribution in [1.29, 1.82) is 0 Å². The Bertz CT molecular complexity index is 888. The molecule has 2 aromatic heterocycles. The van der Waals surface area contributed by atoms with Crippen LogP contribution in [0.4, 0.5) is 13.2 Å². The molecule has 1 fully saturated rings. The van der Waals surface area contributed by atoms with E-state index in [-0.39, 0.29) is 24.0 Å². The molecule has 0 spiro atoms. The average molecular weight is 565 g/mol. The molecule has 0 aliphatic carbocycles. The van der Waals surface area contributed by atoms with Crippen molar-refractivity contribution in [2.24, 2.45) is 4.99 Å². The molecule has 0 amide bonds. The molecule has 7 nitrogen and oxygen atoms in total. The zero-order chi connectivity index (χ0) is 22.6. The van der Waals surface area contributed by atoms with E-state index in [4.69, 9.17) is 0 Å². The summed E-state index contributed by atoms with van der Waals surface area (Å²) in [5, 5.41) is 7.68. The third-order valence-corrected chi connectivity index (χ3v) is 5.42. The zero-order valence-corrected chi connectivity index (χ0v) is 21.2. The maximum atomic E-state index is 13.0. The van der Waals surface area contributed by atoms with Gasteiger partial charge in [-0.15, -0.1) is 24.0 Å². The van der Waals surface area contributed by atoms with Gasteiger partial charge in [-0.05, 0) is 45.4 Å². The highest BCUT2D eigenvalue weighted by Crippen LogP contribution is 2.25. The first-order chi connectivity index (χ1) is 14.7. The molecule has 0 bridgehead atoms. The Balaban J connectivity index is 0.00000363. The Kier molecular flexibility index (Phi) is 9.31. The van der Waals surface area contributed by atoms with Crippen molar-refractivity contribution >= 4 is 29.9 Å². The molecule has 0 saturated carbocycles. The molecule has 178 valence electrons. The van der Waals surface area contributed by atoms with E-state index >= 15 is 0 Å². The minimum absolute atomic E-state index is 0. The van der Waals surface area contributed by atoms with Crippen LogP contribution >= 0.6 is 24.0 Å². The predicted octanol–water partition coefficient (Wildman–Crippen LogP) is 3.54. The molecule has 0 radical (unpaired) electrons. The highest BCUT2D eigenvalue weighted by Gasteiger charge is 2.41. The highest BCUT2D eigenvalue weighted by molar-refractivity contribution is 14.0. The monoisotopic (exact) mass is 565 g/mol. The summed E-state index contributed by atoms with van der Waals surface area (Å²) in [6.07, 6.45) is -2.42. The van der Waals surface area contributed by atoms with Gasteiger partial charge in [-0.25, -0.2) is 14.7 Å². The van der Waals surface area contributed by atoms with Crippen molar-refractivity contribution in [3.8, 4) is 5.82 Å². The van der Waals surface area contributed by atoms with Gasteiger partial charge in [0.15, 0.2) is 11.8 Å². The Morgan fingerprint density at radius 2 is 1.88 bits per heavy atom. The van der Waals surface area contributed by atoms with E-state index in [1.807, 2.05) is 43.9 Å². The fraction of sp³-hybridized carbons (Fsp3) is 0.571. The molecule has 2 aromatic rings. The fourth-order valence-corrected chi connectivity index (χ4v) is 3.62. The largest absolute Gasteiger partial charge is 0.403 e. The smallest absolute Gasteiger partial charge is 0.357 e. The number of aliphatic imine (C=N–C) groups is 1. The van der Waals surface area contributed by atoms with Crippen LogP contribution in [0.15, 0.2) is 29.4 Å². The molecule has 3 heterocycles. The maximum Gasteiger partial charge on any atom is 0.403 e. The molecule has 32 heavy (non-hydrogen) atoms. The summed E-state index contributed by atoms with van der Waals surface area (Å²) in [4.78, 5) is 12.7. The van der Waals surface area contributed by atoms with Gasteiger partial charge in [0, 0.05) is 44.6 Å². The van der Waals surface area contributed by atoms with E-state index in [1.165, 1.54) is 11.8 Å². The van der Waals surface area contributed by atoms with Gasteiger partial charge in [-0.2, -0.15) is 18.3 Å². The molecule has 11 heteroatoms. The van der Waals surface area contributed by atoms with E-state index in [1.54, 1.807) is 10.9 Å². The van der Waals surface area contributed by atoms with Gasteiger partial charge in [0.1, 0.15) is 6.04 Å².